The van der Waals surface area contributed by atoms with Crippen molar-refractivity contribution >= 4 is 11.9 Å². The number of carbonyl (C=O) groups is 2. The van der Waals surface area contributed by atoms with Crippen molar-refractivity contribution in [1.82, 2.24) is 4.90 Å². The molecule has 27 heavy (non-hydrogen) atoms. The van der Waals surface area contributed by atoms with Crippen LogP contribution < -0.4 is 14.2 Å². The van der Waals surface area contributed by atoms with Gasteiger partial charge < -0.3 is 29.0 Å². The third kappa shape index (κ3) is 2.47. The quantitative estimate of drug-likeness (QED) is 0.744. The van der Waals surface area contributed by atoms with E-state index in [0.29, 0.717) is 30.3 Å². The summed E-state index contributed by atoms with van der Waals surface area (Å²) in [6.07, 6.45) is 3.07. The molecule has 1 aromatic carbocycles. The monoisotopic (exact) mass is 375 g/mol. The largest absolute Gasteiger partial charge is 0.493 e. The van der Waals surface area contributed by atoms with E-state index in [-0.39, 0.29) is 5.91 Å². The van der Waals surface area contributed by atoms with Crippen molar-refractivity contribution in [3.8, 4) is 17.2 Å². The molecule has 3 heterocycles. The topological polar surface area (TPSA) is 94.5 Å². The SMILES string of the molecule is COc1cc(CN2C[C@]34C=C[C@H](O3)[C@@H](C(=O)O)[C@H]4C2=O)cc(OC)c1OC. The second-order valence-corrected chi connectivity index (χ2v) is 6.97. The summed E-state index contributed by atoms with van der Waals surface area (Å²) in [5.41, 5.74) is -0.0505. The van der Waals surface area contributed by atoms with Gasteiger partial charge in [0.25, 0.3) is 0 Å². The molecule has 1 N–H and O–H groups in total. The number of aliphatic carboxylic acids is 1. The number of carboxylic acids is 1. The van der Waals surface area contributed by atoms with Crippen molar-refractivity contribution in [3.05, 3.63) is 29.8 Å². The molecule has 3 aliphatic heterocycles. The van der Waals surface area contributed by atoms with Gasteiger partial charge in [-0.15, -0.1) is 0 Å². The Labute approximate surface area is 156 Å². The van der Waals surface area contributed by atoms with Crippen LogP contribution in [0.2, 0.25) is 0 Å². The predicted molar refractivity (Wildman–Crippen MR) is 92.9 cm³/mol. The fourth-order valence-electron chi connectivity index (χ4n) is 4.44. The second-order valence-electron chi connectivity index (χ2n) is 6.97. The highest BCUT2D eigenvalue weighted by atomic mass is 16.5. The standard InChI is InChI=1S/C19H21NO7/c1-24-12-6-10(7-13(25-2)16(12)26-3)8-20-9-19-5-4-11(27-19)14(18(22)23)15(19)17(20)21/h4-7,11,14-15H,8-9H2,1-3H3,(H,22,23)/t11-,14+,15-,19-/m0/s1. The first-order valence-corrected chi connectivity index (χ1v) is 8.61. The Balaban J connectivity index is 1.63. The maximum absolute atomic E-state index is 13.0. The Bertz CT molecular complexity index is 810. The van der Waals surface area contributed by atoms with Gasteiger partial charge in [-0.05, 0) is 17.7 Å². The van der Waals surface area contributed by atoms with Crippen molar-refractivity contribution in [1.29, 1.82) is 0 Å². The van der Waals surface area contributed by atoms with Gasteiger partial charge in [0, 0.05) is 6.54 Å². The number of rotatable bonds is 6. The van der Waals surface area contributed by atoms with Crippen LogP contribution in [0.3, 0.4) is 0 Å². The summed E-state index contributed by atoms with van der Waals surface area (Å²) >= 11 is 0. The van der Waals surface area contributed by atoms with Crippen LogP contribution in [-0.2, 0) is 20.9 Å². The number of carboxylic acid groups (broad SMARTS) is 1. The summed E-state index contributed by atoms with van der Waals surface area (Å²) in [5, 5.41) is 9.54. The molecule has 4 atom stereocenters. The molecule has 0 aliphatic carbocycles. The molecule has 8 nitrogen and oxygen atoms in total. The van der Waals surface area contributed by atoms with Crippen LogP contribution in [0, 0.1) is 11.8 Å². The van der Waals surface area contributed by atoms with Crippen molar-refractivity contribution in [2.75, 3.05) is 27.9 Å². The van der Waals surface area contributed by atoms with E-state index in [1.807, 2.05) is 6.08 Å². The molecule has 0 aromatic heterocycles. The van der Waals surface area contributed by atoms with Gasteiger partial charge in [-0.1, -0.05) is 12.2 Å². The highest BCUT2D eigenvalue weighted by Gasteiger charge is 2.66. The summed E-state index contributed by atoms with van der Waals surface area (Å²) < 4.78 is 21.9. The molecule has 0 unspecified atom stereocenters. The van der Waals surface area contributed by atoms with E-state index in [1.54, 1.807) is 23.1 Å². The number of hydrogen-bond donors (Lipinski definition) is 1. The Morgan fingerprint density at radius 3 is 2.48 bits per heavy atom. The van der Waals surface area contributed by atoms with Gasteiger partial charge in [-0.3, -0.25) is 9.59 Å². The van der Waals surface area contributed by atoms with Crippen LogP contribution in [-0.4, -0.2) is 61.5 Å². The zero-order chi connectivity index (χ0) is 19.3. The summed E-state index contributed by atoms with van der Waals surface area (Å²) in [6.45, 7) is 0.617. The first-order chi connectivity index (χ1) is 12.9. The highest BCUT2D eigenvalue weighted by Crippen LogP contribution is 2.52. The first kappa shape index (κ1) is 17.7. The molecule has 1 spiro atoms. The third-order valence-electron chi connectivity index (χ3n) is 5.56. The molecule has 8 heteroatoms. The average Bonchev–Trinajstić information content (AvgIpc) is 3.29. The zero-order valence-corrected chi connectivity index (χ0v) is 15.3. The lowest BCUT2D eigenvalue weighted by atomic mass is 9.77. The second kappa shape index (κ2) is 6.16. The molecule has 3 aliphatic rings. The van der Waals surface area contributed by atoms with Gasteiger partial charge in [-0.25, -0.2) is 0 Å². The number of methoxy groups -OCH3 is 3. The average molecular weight is 375 g/mol. The molecule has 1 amide bonds. The molecule has 1 aromatic rings. The van der Waals surface area contributed by atoms with E-state index < -0.39 is 29.5 Å². The molecule has 2 bridgehead atoms. The number of benzene rings is 1. The maximum atomic E-state index is 13.0. The molecule has 0 radical (unpaired) electrons. The Morgan fingerprint density at radius 2 is 1.93 bits per heavy atom. The lowest BCUT2D eigenvalue weighted by Gasteiger charge is -2.22. The molecule has 4 rings (SSSR count). The molecule has 2 saturated heterocycles. The number of fused-ring (bicyclic) bond motifs is 1. The van der Waals surface area contributed by atoms with Crippen LogP contribution in [0.4, 0.5) is 0 Å². The van der Waals surface area contributed by atoms with Gasteiger partial charge in [0.05, 0.1) is 39.9 Å². The van der Waals surface area contributed by atoms with Crippen molar-refractivity contribution < 1.29 is 33.6 Å². The molecule has 144 valence electrons. The number of likely N-dealkylation sites (tertiary alicyclic amines) is 1. The number of amides is 1. The predicted octanol–water partition coefficient (Wildman–Crippen LogP) is 1.08. The molecular formula is C19H21NO7. The van der Waals surface area contributed by atoms with Crippen molar-refractivity contribution in [2.45, 2.75) is 18.2 Å². The van der Waals surface area contributed by atoms with E-state index in [2.05, 4.69) is 0 Å². The van der Waals surface area contributed by atoms with Crippen LogP contribution in [0.5, 0.6) is 17.2 Å². The Morgan fingerprint density at radius 1 is 1.26 bits per heavy atom. The van der Waals surface area contributed by atoms with E-state index in [1.165, 1.54) is 21.3 Å². The van der Waals surface area contributed by atoms with Crippen LogP contribution in [0.25, 0.3) is 0 Å². The Kier molecular flexibility index (Phi) is 4.03. The fraction of sp³-hybridized carbons (Fsp3) is 0.474. The lowest BCUT2D eigenvalue weighted by molar-refractivity contribution is -0.148. The summed E-state index contributed by atoms with van der Waals surface area (Å²) in [4.78, 5) is 26.3. The number of carbonyl (C=O) groups excluding carboxylic acids is 1. The minimum absolute atomic E-state index is 0.206. The van der Waals surface area contributed by atoms with E-state index in [4.69, 9.17) is 18.9 Å². The number of ether oxygens (including phenoxy) is 4. The van der Waals surface area contributed by atoms with Crippen molar-refractivity contribution in [2.24, 2.45) is 11.8 Å². The van der Waals surface area contributed by atoms with Crippen LogP contribution >= 0.6 is 0 Å². The van der Waals surface area contributed by atoms with E-state index in [9.17, 15) is 14.7 Å². The molecule has 2 fully saturated rings. The van der Waals surface area contributed by atoms with Gasteiger partial charge in [0.1, 0.15) is 11.5 Å². The van der Waals surface area contributed by atoms with Crippen LogP contribution in [0.15, 0.2) is 24.3 Å². The zero-order valence-electron chi connectivity index (χ0n) is 15.3. The fourth-order valence-corrected chi connectivity index (χ4v) is 4.44. The van der Waals surface area contributed by atoms with Gasteiger partial charge in [-0.2, -0.15) is 0 Å². The van der Waals surface area contributed by atoms with E-state index >= 15 is 0 Å². The minimum atomic E-state index is -1.00. The summed E-state index contributed by atoms with van der Waals surface area (Å²) in [7, 11) is 4.58. The van der Waals surface area contributed by atoms with Crippen molar-refractivity contribution in [3.63, 3.8) is 0 Å². The normalized spacial score (nSPS) is 30.6. The Hall–Kier alpha value is -2.74. The van der Waals surface area contributed by atoms with Gasteiger partial charge >= 0.3 is 5.97 Å². The van der Waals surface area contributed by atoms with Gasteiger partial charge in [0.2, 0.25) is 11.7 Å². The number of hydrogen-bond acceptors (Lipinski definition) is 6. The lowest BCUT2D eigenvalue weighted by Crippen LogP contribution is -2.39. The van der Waals surface area contributed by atoms with Gasteiger partial charge in [0.15, 0.2) is 11.5 Å². The molecular weight excluding hydrogens is 354 g/mol. The highest BCUT2D eigenvalue weighted by molar-refractivity contribution is 5.90. The van der Waals surface area contributed by atoms with Crippen LogP contribution in [0.1, 0.15) is 5.56 Å². The number of nitrogens with zero attached hydrogens (tertiary/aromatic N) is 1. The smallest absolute Gasteiger partial charge is 0.310 e. The molecule has 0 saturated carbocycles. The summed E-state index contributed by atoms with van der Waals surface area (Å²) in [5.74, 6) is -1.26. The third-order valence-corrected chi connectivity index (χ3v) is 5.56. The first-order valence-electron chi connectivity index (χ1n) is 8.61. The summed E-state index contributed by atoms with van der Waals surface area (Å²) in [6, 6.07) is 3.56. The van der Waals surface area contributed by atoms with E-state index in [0.717, 1.165) is 5.56 Å². The maximum Gasteiger partial charge on any atom is 0.310 e. The minimum Gasteiger partial charge on any atom is -0.493 e.